The molecule has 1 atom stereocenters. The molecule has 136 valence electrons. The molecule has 25 heavy (non-hydrogen) atoms. The Morgan fingerprint density at radius 1 is 1.28 bits per heavy atom. The standard InChI is InChI=1S/C19H27N3O2S/c1-5-23-18-10-7-6-9-16(18)20-19(25)22(13-12-21(3)4)15(2)17-11-8-14-24-17/h6-11,14-15H,5,12-13H2,1-4H3,(H,20,25)/p+1. The van der Waals surface area contributed by atoms with E-state index in [1.54, 1.807) is 6.26 Å². The fourth-order valence-corrected chi connectivity index (χ4v) is 2.90. The maximum absolute atomic E-state index is 5.71. The Kier molecular flexibility index (Phi) is 7.28. The molecule has 2 aromatic rings. The summed E-state index contributed by atoms with van der Waals surface area (Å²) in [5.41, 5.74) is 0.878. The number of anilines is 1. The molecule has 2 rings (SSSR count). The smallest absolute Gasteiger partial charge is 0.174 e. The van der Waals surface area contributed by atoms with Crippen LogP contribution in [0.15, 0.2) is 47.1 Å². The normalized spacial score (nSPS) is 12.0. The maximum atomic E-state index is 5.71. The van der Waals surface area contributed by atoms with E-state index in [9.17, 15) is 0 Å². The van der Waals surface area contributed by atoms with Gasteiger partial charge in [-0.05, 0) is 50.3 Å². The Bertz CT molecular complexity index is 658. The number of benzene rings is 1. The van der Waals surface area contributed by atoms with E-state index in [4.69, 9.17) is 21.4 Å². The van der Waals surface area contributed by atoms with Gasteiger partial charge in [0.15, 0.2) is 5.11 Å². The average molecular weight is 363 g/mol. The lowest BCUT2D eigenvalue weighted by Gasteiger charge is -2.31. The second kappa shape index (κ2) is 9.44. The minimum Gasteiger partial charge on any atom is -0.492 e. The highest BCUT2D eigenvalue weighted by molar-refractivity contribution is 7.80. The average Bonchev–Trinajstić information content (AvgIpc) is 3.11. The van der Waals surface area contributed by atoms with Crippen molar-refractivity contribution in [3.8, 4) is 5.75 Å². The van der Waals surface area contributed by atoms with E-state index >= 15 is 0 Å². The quantitative estimate of drug-likeness (QED) is 0.707. The Morgan fingerprint density at radius 2 is 2.04 bits per heavy atom. The summed E-state index contributed by atoms with van der Waals surface area (Å²) in [6.45, 7) is 6.49. The van der Waals surface area contributed by atoms with Gasteiger partial charge in [-0.3, -0.25) is 0 Å². The van der Waals surface area contributed by atoms with Gasteiger partial charge in [-0.15, -0.1) is 0 Å². The number of hydrogen-bond donors (Lipinski definition) is 2. The number of ether oxygens (including phenoxy) is 1. The predicted molar refractivity (Wildman–Crippen MR) is 105 cm³/mol. The van der Waals surface area contributed by atoms with Crippen LogP contribution < -0.4 is 15.0 Å². The van der Waals surface area contributed by atoms with Crippen LogP contribution in [0.3, 0.4) is 0 Å². The van der Waals surface area contributed by atoms with Crippen LogP contribution in [0, 0.1) is 0 Å². The lowest BCUT2D eigenvalue weighted by atomic mass is 10.2. The van der Waals surface area contributed by atoms with Crippen LogP contribution in [0.1, 0.15) is 25.6 Å². The minimum atomic E-state index is 0.0496. The van der Waals surface area contributed by atoms with Gasteiger partial charge in [0.25, 0.3) is 0 Å². The summed E-state index contributed by atoms with van der Waals surface area (Å²) >= 11 is 5.71. The van der Waals surface area contributed by atoms with Gasteiger partial charge in [0, 0.05) is 0 Å². The van der Waals surface area contributed by atoms with Crippen molar-refractivity contribution >= 4 is 23.0 Å². The molecular formula is C19H28N3O2S+. The molecule has 1 aromatic heterocycles. The number of thiocarbonyl (C=S) groups is 1. The van der Waals surface area contributed by atoms with Crippen LogP contribution in [0.5, 0.6) is 5.75 Å². The third-order valence-electron chi connectivity index (χ3n) is 3.96. The van der Waals surface area contributed by atoms with E-state index in [1.165, 1.54) is 4.90 Å². The van der Waals surface area contributed by atoms with Gasteiger partial charge in [0.2, 0.25) is 0 Å². The number of furan rings is 1. The molecule has 0 aliphatic carbocycles. The van der Waals surface area contributed by atoms with Gasteiger partial charge in [-0.1, -0.05) is 12.1 Å². The largest absolute Gasteiger partial charge is 0.492 e. The molecule has 0 amide bonds. The maximum Gasteiger partial charge on any atom is 0.174 e. The van der Waals surface area contributed by atoms with E-state index in [0.29, 0.717) is 11.7 Å². The van der Waals surface area contributed by atoms with Gasteiger partial charge in [0.1, 0.15) is 11.5 Å². The van der Waals surface area contributed by atoms with E-state index < -0.39 is 0 Å². The Morgan fingerprint density at radius 3 is 2.68 bits per heavy atom. The number of nitrogens with one attached hydrogen (secondary N) is 2. The topological polar surface area (TPSA) is 42.1 Å². The van der Waals surface area contributed by atoms with Crippen LogP contribution in [0.2, 0.25) is 0 Å². The number of likely N-dealkylation sites (N-methyl/N-ethyl adjacent to an activating group) is 1. The summed E-state index contributed by atoms with van der Waals surface area (Å²) < 4.78 is 11.3. The molecule has 0 saturated carbocycles. The van der Waals surface area contributed by atoms with Crippen molar-refractivity contribution in [2.24, 2.45) is 0 Å². The SMILES string of the molecule is CCOc1ccccc1NC(=S)N(CC[NH+](C)C)C(C)c1ccco1. The molecule has 0 fully saturated rings. The fraction of sp³-hybridized carbons (Fsp3) is 0.421. The Labute approximate surface area is 155 Å². The third kappa shape index (κ3) is 5.47. The van der Waals surface area contributed by atoms with Crippen LogP contribution in [-0.2, 0) is 0 Å². The number of hydrogen-bond acceptors (Lipinski definition) is 3. The molecular weight excluding hydrogens is 334 g/mol. The summed E-state index contributed by atoms with van der Waals surface area (Å²) in [5.74, 6) is 1.70. The molecule has 0 aliphatic heterocycles. The zero-order chi connectivity index (χ0) is 18.2. The first-order valence-corrected chi connectivity index (χ1v) is 9.05. The predicted octanol–water partition coefficient (Wildman–Crippen LogP) is 2.58. The first-order valence-electron chi connectivity index (χ1n) is 8.64. The van der Waals surface area contributed by atoms with E-state index in [-0.39, 0.29) is 6.04 Å². The van der Waals surface area contributed by atoms with E-state index in [0.717, 1.165) is 30.3 Å². The third-order valence-corrected chi connectivity index (χ3v) is 4.30. The number of rotatable bonds is 8. The molecule has 0 radical (unpaired) electrons. The first kappa shape index (κ1) is 19.3. The van der Waals surface area contributed by atoms with Crippen molar-refractivity contribution < 1.29 is 14.1 Å². The highest BCUT2D eigenvalue weighted by Gasteiger charge is 2.22. The van der Waals surface area contributed by atoms with Gasteiger partial charge >= 0.3 is 0 Å². The van der Waals surface area contributed by atoms with Crippen molar-refractivity contribution in [2.75, 3.05) is 39.1 Å². The molecule has 0 bridgehead atoms. The van der Waals surface area contributed by atoms with Gasteiger partial charge < -0.3 is 24.3 Å². The second-order valence-electron chi connectivity index (χ2n) is 6.20. The van der Waals surface area contributed by atoms with Crippen molar-refractivity contribution in [1.29, 1.82) is 0 Å². The molecule has 1 heterocycles. The molecule has 6 heteroatoms. The molecule has 2 N–H and O–H groups in total. The lowest BCUT2D eigenvalue weighted by molar-refractivity contribution is -0.857. The minimum absolute atomic E-state index is 0.0496. The molecule has 5 nitrogen and oxygen atoms in total. The highest BCUT2D eigenvalue weighted by Crippen LogP contribution is 2.26. The zero-order valence-electron chi connectivity index (χ0n) is 15.4. The summed E-state index contributed by atoms with van der Waals surface area (Å²) in [6.07, 6.45) is 1.70. The Hall–Kier alpha value is -2.05. The van der Waals surface area contributed by atoms with Gasteiger partial charge in [-0.2, -0.15) is 0 Å². The summed E-state index contributed by atoms with van der Waals surface area (Å²) in [4.78, 5) is 3.53. The number of nitrogens with zero attached hydrogens (tertiary/aromatic N) is 1. The number of para-hydroxylation sites is 2. The summed E-state index contributed by atoms with van der Waals surface area (Å²) in [7, 11) is 4.27. The molecule has 1 unspecified atom stereocenters. The van der Waals surface area contributed by atoms with Gasteiger partial charge in [0.05, 0.1) is 51.8 Å². The van der Waals surface area contributed by atoms with Crippen molar-refractivity contribution in [2.45, 2.75) is 19.9 Å². The van der Waals surface area contributed by atoms with Crippen LogP contribution in [0.4, 0.5) is 5.69 Å². The number of quaternary nitrogens is 1. The van der Waals surface area contributed by atoms with Crippen LogP contribution in [0.25, 0.3) is 0 Å². The second-order valence-corrected chi connectivity index (χ2v) is 6.59. The summed E-state index contributed by atoms with van der Waals surface area (Å²) in [6, 6.07) is 11.8. The lowest BCUT2D eigenvalue weighted by Crippen LogP contribution is -3.06. The molecule has 0 spiro atoms. The molecule has 0 saturated heterocycles. The summed E-state index contributed by atoms with van der Waals surface area (Å²) in [5, 5.41) is 4.01. The van der Waals surface area contributed by atoms with Gasteiger partial charge in [-0.25, -0.2) is 0 Å². The van der Waals surface area contributed by atoms with E-state index in [1.807, 2.05) is 43.3 Å². The van der Waals surface area contributed by atoms with E-state index in [2.05, 4.69) is 31.2 Å². The van der Waals surface area contributed by atoms with Crippen molar-refractivity contribution in [3.63, 3.8) is 0 Å². The monoisotopic (exact) mass is 362 g/mol. The van der Waals surface area contributed by atoms with Crippen molar-refractivity contribution in [1.82, 2.24) is 4.90 Å². The molecule has 0 aliphatic rings. The van der Waals surface area contributed by atoms with Crippen molar-refractivity contribution in [3.05, 3.63) is 48.4 Å². The molecule has 1 aromatic carbocycles. The van der Waals surface area contributed by atoms with Crippen LogP contribution in [-0.4, -0.2) is 43.8 Å². The highest BCUT2D eigenvalue weighted by atomic mass is 32.1. The first-order chi connectivity index (χ1) is 12.0. The zero-order valence-corrected chi connectivity index (χ0v) is 16.2. The Balaban J connectivity index is 2.17. The van der Waals surface area contributed by atoms with Crippen LogP contribution >= 0.6 is 12.2 Å². The fourth-order valence-electron chi connectivity index (χ4n) is 2.54.